The average molecular weight is 322 g/mol. The third-order valence-corrected chi connectivity index (χ3v) is 4.01. The number of hydrogen-bond acceptors (Lipinski definition) is 4. The minimum atomic E-state index is 0.674. The van der Waals surface area contributed by atoms with Gasteiger partial charge in [-0.2, -0.15) is 5.26 Å². The molecule has 0 saturated heterocycles. The Bertz CT molecular complexity index is 560. The molecule has 92 valence electrons. The van der Waals surface area contributed by atoms with E-state index in [9.17, 15) is 0 Å². The maximum atomic E-state index is 8.82. The van der Waals surface area contributed by atoms with Crippen LogP contribution >= 0.6 is 27.3 Å². The van der Waals surface area contributed by atoms with Crippen molar-refractivity contribution in [3.05, 3.63) is 50.4 Å². The number of thiazole rings is 1. The number of hydrogen-bond donors (Lipinski definition) is 0. The average Bonchev–Trinajstić information content (AvgIpc) is 2.84. The zero-order valence-electron chi connectivity index (χ0n) is 9.93. The lowest BCUT2D eigenvalue weighted by Crippen LogP contribution is -2.17. The van der Waals surface area contributed by atoms with E-state index < -0.39 is 0 Å². The Balaban J connectivity index is 2.03. The fourth-order valence-electron chi connectivity index (χ4n) is 1.65. The van der Waals surface area contributed by atoms with E-state index in [-0.39, 0.29) is 0 Å². The molecule has 2 rings (SSSR count). The first-order valence-electron chi connectivity index (χ1n) is 5.44. The molecular weight excluding hydrogens is 310 g/mol. The molecule has 2 aromatic rings. The molecule has 0 aliphatic heterocycles. The van der Waals surface area contributed by atoms with Crippen molar-refractivity contribution in [2.24, 2.45) is 0 Å². The molecule has 0 aliphatic carbocycles. The summed E-state index contributed by atoms with van der Waals surface area (Å²) in [5.74, 6) is 0. The van der Waals surface area contributed by atoms with Crippen LogP contribution in [0.1, 0.15) is 16.1 Å². The largest absolute Gasteiger partial charge is 0.295 e. The molecular formula is C13H12BrN3S. The maximum Gasteiger partial charge on any atom is 0.107 e. The molecule has 0 radical (unpaired) electrons. The molecule has 0 N–H and O–H groups in total. The summed E-state index contributed by atoms with van der Waals surface area (Å²) in [7, 11) is 2.06. The third-order valence-electron chi connectivity index (χ3n) is 2.51. The predicted octanol–water partition coefficient (Wildman–Crippen LogP) is 3.41. The monoisotopic (exact) mass is 321 g/mol. The molecule has 1 aromatic heterocycles. The van der Waals surface area contributed by atoms with Crippen molar-refractivity contribution in [1.82, 2.24) is 9.88 Å². The molecule has 5 heteroatoms. The number of nitriles is 1. The highest BCUT2D eigenvalue weighted by Crippen LogP contribution is 2.20. The standard InChI is InChI=1S/C13H12BrN3S/c1-17(9-13-16-4-5-18-13)8-11-3-2-10(7-15)6-12(11)14/h2-6H,8-9H2,1H3. The van der Waals surface area contributed by atoms with Crippen molar-refractivity contribution in [3.8, 4) is 6.07 Å². The number of rotatable bonds is 4. The van der Waals surface area contributed by atoms with Gasteiger partial charge >= 0.3 is 0 Å². The van der Waals surface area contributed by atoms with Gasteiger partial charge in [0.1, 0.15) is 5.01 Å². The lowest BCUT2D eigenvalue weighted by Gasteiger charge is -2.16. The normalized spacial score (nSPS) is 10.6. The Labute approximate surface area is 119 Å². The number of benzene rings is 1. The summed E-state index contributed by atoms with van der Waals surface area (Å²) >= 11 is 5.17. The van der Waals surface area contributed by atoms with Crippen LogP contribution in [0.5, 0.6) is 0 Å². The van der Waals surface area contributed by atoms with Crippen LogP contribution in [0.3, 0.4) is 0 Å². The quantitative estimate of drug-likeness (QED) is 0.866. The van der Waals surface area contributed by atoms with Crippen LogP contribution in [0.25, 0.3) is 0 Å². The van der Waals surface area contributed by atoms with Crippen molar-refractivity contribution in [1.29, 1.82) is 5.26 Å². The lowest BCUT2D eigenvalue weighted by molar-refractivity contribution is 0.318. The van der Waals surface area contributed by atoms with Crippen molar-refractivity contribution in [2.45, 2.75) is 13.1 Å². The second kappa shape index (κ2) is 6.10. The van der Waals surface area contributed by atoms with Crippen LogP contribution in [0.4, 0.5) is 0 Å². The van der Waals surface area contributed by atoms with Crippen molar-refractivity contribution < 1.29 is 0 Å². The first-order valence-corrected chi connectivity index (χ1v) is 7.12. The molecule has 0 atom stereocenters. The van der Waals surface area contributed by atoms with Gasteiger partial charge in [0.25, 0.3) is 0 Å². The first-order chi connectivity index (χ1) is 8.69. The van der Waals surface area contributed by atoms with E-state index in [1.165, 1.54) is 5.56 Å². The molecule has 0 fully saturated rings. The lowest BCUT2D eigenvalue weighted by atomic mass is 10.1. The van der Waals surface area contributed by atoms with Crippen LogP contribution in [-0.2, 0) is 13.1 Å². The van der Waals surface area contributed by atoms with Gasteiger partial charge in [0.2, 0.25) is 0 Å². The van der Waals surface area contributed by atoms with Crippen LogP contribution in [0.2, 0.25) is 0 Å². The Morgan fingerprint density at radius 3 is 2.89 bits per heavy atom. The van der Waals surface area contributed by atoms with Crippen LogP contribution in [0, 0.1) is 11.3 Å². The Morgan fingerprint density at radius 2 is 2.28 bits per heavy atom. The topological polar surface area (TPSA) is 39.9 Å². The molecule has 1 heterocycles. The summed E-state index contributed by atoms with van der Waals surface area (Å²) in [4.78, 5) is 6.47. The number of nitrogens with zero attached hydrogens (tertiary/aromatic N) is 3. The SMILES string of the molecule is CN(Cc1nccs1)Cc1ccc(C#N)cc1Br. The molecule has 0 bridgehead atoms. The molecule has 0 saturated carbocycles. The van der Waals surface area contributed by atoms with Crippen LogP contribution in [-0.4, -0.2) is 16.9 Å². The maximum absolute atomic E-state index is 8.82. The van der Waals surface area contributed by atoms with E-state index in [0.717, 1.165) is 22.6 Å². The van der Waals surface area contributed by atoms with Gasteiger partial charge in [-0.05, 0) is 24.7 Å². The molecule has 18 heavy (non-hydrogen) atoms. The van der Waals surface area contributed by atoms with Gasteiger partial charge in [-0.15, -0.1) is 11.3 Å². The van der Waals surface area contributed by atoms with Gasteiger partial charge in [0.05, 0.1) is 18.2 Å². The van der Waals surface area contributed by atoms with E-state index in [1.54, 1.807) is 11.3 Å². The van der Waals surface area contributed by atoms with E-state index in [1.807, 2.05) is 29.8 Å². The zero-order valence-corrected chi connectivity index (χ0v) is 12.3. The van der Waals surface area contributed by atoms with Gasteiger partial charge in [0.15, 0.2) is 0 Å². The number of aromatic nitrogens is 1. The highest BCUT2D eigenvalue weighted by molar-refractivity contribution is 9.10. The van der Waals surface area contributed by atoms with E-state index in [0.29, 0.717) is 5.56 Å². The van der Waals surface area contributed by atoms with Crippen LogP contribution in [0.15, 0.2) is 34.2 Å². The zero-order chi connectivity index (χ0) is 13.0. The molecule has 0 unspecified atom stereocenters. The highest BCUT2D eigenvalue weighted by atomic mass is 79.9. The molecule has 1 aromatic carbocycles. The van der Waals surface area contributed by atoms with Crippen molar-refractivity contribution in [2.75, 3.05) is 7.05 Å². The minimum absolute atomic E-state index is 0.674. The second-order valence-electron chi connectivity index (χ2n) is 4.02. The van der Waals surface area contributed by atoms with Gasteiger partial charge in [0, 0.05) is 22.6 Å². The Hall–Kier alpha value is -1.22. The van der Waals surface area contributed by atoms with Gasteiger partial charge in [-0.3, -0.25) is 4.90 Å². The predicted molar refractivity (Wildman–Crippen MR) is 76.1 cm³/mol. The molecule has 3 nitrogen and oxygen atoms in total. The van der Waals surface area contributed by atoms with Gasteiger partial charge in [-0.25, -0.2) is 4.98 Å². The van der Waals surface area contributed by atoms with Crippen molar-refractivity contribution in [3.63, 3.8) is 0 Å². The summed E-state index contributed by atoms with van der Waals surface area (Å²) in [6, 6.07) is 7.82. The Kier molecular flexibility index (Phi) is 4.48. The number of halogens is 1. The van der Waals surface area contributed by atoms with Gasteiger partial charge in [-0.1, -0.05) is 22.0 Å². The molecule has 0 aliphatic rings. The smallest absolute Gasteiger partial charge is 0.107 e. The summed E-state index contributed by atoms with van der Waals surface area (Å²) in [5, 5.41) is 11.9. The summed E-state index contributed by atoms with van der Waals surface area (Å²) in [6.45, 7) is 1.66. The van der Waals surface area contributed by atoms with E-state index >= 15 is 0 Å². The van der Waals surface area contributed by atoms with Crippen molar-refractivity contribution >= 4 is 27.3 Å². The highest BCUT2D eigenvalue weighted by Gasteiger charge is 2.07. The Morgan fingerprint density at radius 1 is 1.44 bits per heavy atom. The summed E-state index contributed by atoms with van der Waals surface area (Å²) in [6.07, 6.45) is 1.82. The summed E-state index contributed by atoms with van der Waals surface area (Å²) < 4.78 is 0.979. The molecule has 0 amide bonds. The van der Waals surface area contributed by atoms with Crippen LogP contribution < -0.4 is 0 Å². The summed E-state index contributed by atoms with van der Waals surface area (Å²) in [5.41, 5.74) is 1.85. The third kappa shape index (κ3) is 3.39. The van der Waals surface area contributed by atoms with E-state index in [4.69, 9.17) is 5.26 Å². The first kappa shape index (κ1) is 13.2. The fraction of sp³-hybridized carbons (Fsp3) is 0.231. The van der Waals surface area contributed by atoms with Gasteiger partial charge < -0.3 is 0 Å². The van der Waals surface area contributed by atoms with E-state index in [2.05, 4.69) is 38.9 Å². The second-order valence-corrected chi connectivity index (χ2v) is 5.85. The fourth-order valence-corrected chi connectivity index (χ4v) is 2.85. The minimum Gasteiger partial charge on any atom is -0.295 e. The molecule has 0 spiro atoms.